The molecule has 0 spiro atoms. The number of aromatic nitrogens is 4. The Balaban J connectivity index is 2.04. The molecule has 12 nitrogen and oxygen atoms in total. The monoisotopic (exact) mass is 345 g/mol. The summed E-state index contributed by atoms with van der Waals surface area (Å²) in [6.07, 6.45) is -3.12. The Kier molecular flexibility index (Phi) is 4.06. The number of imidazole rings is 1. The van der Waals surface area contributed by atoms with Gasteiger partial charge in [-0.2, -0.15) is 0 Å². The lowest BCUT2D eigenvalue weighted by Gasteiger charge is -2.34. The third-order valence-electron chi connectivity index (χ3n) is 3.40. The van der Waals surface area contributed by atoms with Crippen molar-refractivity contribution < 1.29 is 33.8 Å². The standard InChI is InChI=1S/C10H14N5O7P/c11-8-5-9(13-2-12-8)15(3-14-5)10-7(22-23(18,19)20)6(17)4(1-16)21-10/h2-4,6-7,10,16-17H,1H2,(H2,11,12,13)(H2,18,19,20)/p-2/t4-,6+,7+,10+/m0/s1. The molecule has 3 rings (SSSR count). The number of hydrogen-bond acceptors (Lipinski definition) is 11. The number of aliphatic hydroxyl groups is 2. The van der Waals surface area contributed by atoms with Crippen molar-refractivity contribution in [2.24, 2.45) is 0 Å². The van der Waals surface area contributed by atoms with Gasteiger partial charge in [-0.15, -0.1) is 0 Å². The summed E-state index contributed by atoms with van der Waals surface area (Å²) in [6, 6.07) is 0. The number of nitrogens with two attached hydrogens (primary N) is 1. The molecule has 126 valence electrons. The number of rotatable bonds is 4. The number of phosphoric acid groups is 1. The van der Waals surface area contributed by atoms with Crippen molar-refractivity contribution in [3.8, 4) is 0 Å². The summed E-state index contributed by atoms with van der Waals surface area (Å²) in [5, 5.41) is 19.2. The first kappa shape index (κ1) is 16.2. The highest BCUT2D eigenvalue weighted by atomic mass is 31.2. The van der Waals surface area contributed by atoms with Gasteiger partial charge in [-0.1, -0.05) is 0 Å². The molecular weight excluding hydrogens is 333 g/mol. The Bertz CT molecular complexity index is 763. The topological polar surface area (TPSA) is 192 Å². The summed E-state index contributed by atoms with van der Waals surface area (Å²) < 4.78 is 21.9. The predicted molar refractivity (Wildman–Crippen MR) is 69.2 cm³/mol. The van der Waals surface area contributed by atoms with Crippen LogP contribution in [0.15, 0.2) is 12.7 Å². The lowest BCUT2D eigenvalue weighted by Crippen LogP contribution is -2.37. The molecule has 2 aromatic heterocycles. The SMILES string of the molecule is Nc1ncnc2c1ncn2[C@@H]1O[C@@H](CO)[C@@H](O)[C@H]1OP(=O)([O-])[O-]. The zero-order valence-electron chi connectivity index (χ0n) is 11.4. The zero-order chi connectivity index (χ0) is 16.8. The average molecular weight is 345 g/mol. The number of ether oxygens (including phenoxy) is 1. The second-order valence-electron chi connectivity index (χ2n) is 4.84. The van der Waals surface area contributed by atoms with E-state index in [2.05, 4.69) is 19.5 Å². The van der Waals surface area contributed by atoms with Crippen LogP contribution in [0.4, 0.5) is 5.82 Å². The van der Waals surface area contributed by atoms with Crippen LogP contribution in [-0.4, -0.2) is 54.7 Å². The lowest BCUT2D eigenvalue weighted by molar-refractivity contribution is -0.347. The van der Waals surface area contributed by atoms with E-state index in [1.807, 2.05) is 0 Å². The van der Waals surface area contributed by atoms with Crippen LogP contribution < -0.4 is 15.5 Å². The van der Waals surface area contributed by atoms with Gasteiger partial charge in [0.1, 0.15) is 30.2 Å². The van der Waals surface area contributed by atoms with E-state index in [0.717, 1.165) is 6.33 Å². The fraction of sp³-hybridized carbons (Fsp3) is 0.500. The first-order valence-corrected chi connectivity index (χ1v) is 7.85. The molecule has 1 aliphatic heterocycles. The molecule has 4 atom stereocenters. The molecule has 3 heterocycles. The number of phosphoric ester groups is 1. The minimum Gasteiger partial charge on any atom is -0.790 e. The summed E-state index contributed by atoms with van der Waals surface area (Å²) in [5.74, 6) is 0.0850. The van der Waals surface area contributed by atoms with E-state index in [0.29, 0.717) is 0 Å². The highest BCUT2D eigenvalue weighted by Gasteiger charge is 2.46. The van der Waals surface area contributed by atoms with E-state index in [4.69, 9.17) is 10.5 Å². The molecule has 1 saturated heterocycles. The fourth-order valence-electron chi connectivity index (χ4n) is 2.41. The van der Waals surface area contributed by atoms with Crippen molar-refractivity contribution in [3.05, 3.63) is 12.7 Å². The number of anilines is 1. The highest BCUT2D eigenvalue weighted by molar-refractivity contribution is 7.43. The summed E-state index contributed by atoms with van der Waals surface area (Å²) >= 11 is 0. The molecule has 0 amide bonds. The third kappa shape index (κ3) is 2.93. The number of nitrogens with zero attached hydrogens (tertiary/aromatic N) is 4. The Morgan fingerprint density at radius 1 is 1.43 bits per heavy atom. The maximum Gasteiger partial charge on any atom is 0.167 e. The van der Waals surface area contributed by atoms with Crippen molar-refractivity contribution in [2.45, 2.75) is 24.5 Å². The number of nitrogen functional groups attached to an aromatic ring is 1. The van der Waals surface area contributed by atoms with Gasteiger partial charge in [0.2, 0.25) is 0 Å². The molecule has 0 aliphatic carbocycles. The number of fused-ring (bicyclic) bond motifs is 1. The minimum absolute atomic E-state index is 0.0850. The molecule has 0 unspecified atom stereocenters. The molecule has 0 aromatic carbocycles. The van der Waals surface area contributed by atoms with E-state index in [-0.39, 0.29) is 17.0 Å². The van der Waals surface area contributed by atoms with E-state index >= 15 is 0 Å². The first-order valence-electron chi connectivity index (χ1n) is 6.39. The molecule has 2 aromatic rings. The molecular formula is C10H12N5O7P-2. The van der Waals surface area contributed by atoms with Crippen LogP contribution in [0, 0.1) is 0 Å². The van der Waals surface area contributed by atoms with Crippen molar-refractivity contribution >= 4 is 24.8 Å². The van der Waals surface area contributed by atoms with Crippen LogP contribution in [0.2, 0.25) is 0 Å². The van der Waals surface area contributed by atoms with Crippen LogP contribution in [0.25, 0.3) is 11.2 Å². The van der Waals surface area contributed by atoms with E-state index in [9.17, 15) is 24.6 Å². The average Bonchev–Trinajstić information content (AvgIpc) is 3.01. The van der Waals surface area contributed by atoms with Crippen LogP contribution in [-0.2, 0) is 13.8 Å². The van der Waals surface area contributed by atoms with E-state index in [1.54, 1.807) is 0 Å². The molecule has 0 bridgehead atoms. The minimum atomic E-state index is -5.41. The maximum atomic E-state index is 10.9. The van der Waals surface area contributed by atoms with Gasteiger partial charge < -0.3 is 39.6 Å². The van der Waals surface area contributed by atoms with Gasteiger partial charge in [0.25, 0.3) is 0 Å². The molecule has 13 heteroatoms. The highest BCUT2D eigenvalue weighted by Crippen LogP contribution is 2.40. The quantitative estimate of drug-likeness (QED) is 0.474. The maximum absolute atomic E-state index is 10.9. The van der Waals surface area contributed by atoms with Gasteiger partial charge in [0.05, 0.1) is 20.8 Å². The van der Waals surface area contributed by atoms with Crippen molar-refractivity contribution in [3.63, 3.8) is 0 Å². The van der Waals surface area contributed by atoms with Crippen LogP contribution in [0.1, 0.15) is 6.23 Å². The normalized spacial score (nSPS) is 28.5. The summed E-state index contributed by atoms with van der Waals surface area (Å²) in [7, 11) is -5.41. The lowest BCUT2D eigenvalue weighted by atomic mass is 10.1. The Morgan fingerprint density at radius 2 is 2.17 bits per heavy atom. The van der Waals surface area contributed by atoms with E-state index < -0.39 is 39.0 Å². The van der Waals surface area contributed by atoms with Crippen molar-refractivity contribution in [2.75, 3.05) is 12.3 Å². The Hall–Kier alpha value is -1.66. The molecule has 0 saturated carbocycles. The van der Waals surface area contributed by atoms with Gasteiger partial charge >= 0.3 is 0 Å². The molecule has 1 fully saturated rings. The number of aliphatic hydroxyl groups excluding tert-OH is 2. The molecule has 23 heavy (non-hydrogen) atoms. The van der Waals surface area contributed by atoms with Gasteiger partial charge in [-0.3, -0.25) is 4.57 Å². The largest absolute Gasteiger partial charge is 0.790 e. The summed E-state index contributed by atoms with van der Waals surface area (Å²) in [5.41, 5.74) is 6.07. The van der Waals surface area contributed by atoms with Crippen LogP contribution in [0.3, 0.4) is 0 Å². The fourth-order valence-corrected chi connectivity index (χ4v) is 2.94. The smallest absolute Gasteiger partial charge is 0.167 e. The summed E-state index contributed by atoms with van der Waals surface area (Å²) in [6.45, 7) is -0.608. The van der Waals surface area contributed by atoms with Gasteiger partial charge in [-0.05, 0) is 0 Å². The molecule has 4 N–H and O–H groups in total. The Morgan fingerprint density at radius 3 is 2.83 bits per heavy atom. The first-order chi connectivity index (χ1) is 10.8. The second kappa shape index (κ2) is 5.76. The zero-order valence-corrected chi connectivity index (χ0v) is 12.3. The molecule has 1 aliphatic rings. The van der Waals surface area contributed by atoms with Gasteiger partial charge in [0, 0.05) is 0 Å². The Labute approximate surface area is 128 Å². The van der Waals surface area contributed by atoms with Gasteiger partial charge in [-0.25, -0.2) is 15.0 Å². The second-order valence-corrected chi connectivity index (χ2v) is 5.94. The van der Waals surface area contributed by atoms with Gasteiger partial charge in [0.15, 0.2) is 17.7 Å². The third-order valence-corrected chi connectivity index (χ3v) is 3.91. The van der Waals surface area contributed by atoms with Crippen LogP contribution in [0.5, 0.6) is 0 Å². The predicted octanol–water partition coefficient (Wildman–Crippen LogP) is -3.13. The number of hydrogen-bond donors (Lipinski definition) is 3. The van der Waals surface area contributed by atoms with E-state index in [1.165, 1.54) is 10.9 Å². The van der Waals surface area contributed by atoms with Crippen molar-refractivity contribution in [1.29, 1.82) is 0 Å². The molecule has 0 radical (unpaired) electrons. The summed E-state index contributed by atoms with van der Waals surface area (Å²) in [4.78, 5) is 33.5. The van der Waals surface area contributed by atoms with Crippen LogP contribution >= 0.6 is 7.82 Å². The van der Waals surface area contributed by atoms with Crippen molar-refractivity contribution in [1.82, 2.24) is 19.5 Å².